The van der Waals surface area contributed by atoms with Gasteiger partial charge in [-0.1, -0.05) is 36.9 Å². The second-order valence-corrected chi connectivity index (χ2v) is 2.92. The van der Waals surface area contributed by atoms with Gasteiger partial charge in [0.2, 0.25) is 0 Å². The van der Waals surface area contributed by atoms with Gasteiger partial charge in [-0.05, 0) is 23.8 Å². The lowest BCUT2D eigenvalue weighted by Gasteiger charge is -2.03. The van der Waals surface area contributed by atoms with E-state index in [1.54, 1.807) is 12.3 Å². The van der Waals surface area contributed by atoms with Crippen LogP contribution in [0, 0.1) is 6.07 Å². The van der Waals surface area contributed by atoms with Crippen LogP contribution in [0.4, 0.5) is 0 Å². The molecule has 67 valence electrons. The SMILES string of the molecule is C=Cc1[c]cccc1-c1ccccn1. The highest BCUT2D eigenvalue weighted by Gasteiger charge is 2.01. The van der Waals surface area contributed by atoms with Crippen LogP contribution in [0.15, 0.2) is 49.2 Å². The van der Waals surface area contributed by atoms with Crippen molar-refractivity contribution in [3.8, 4) is 11.3 Å². The average Bonchev–Trinajstić information content (AvgIpc) is 2.30. The molecule has 0 amide bonds. The van der Waals surface area contributed by atoms with Crippen molar-refractivity contribution < 1.29 is 0 Å². The highest BCUT2D eigenvalue weighted by molar-refractivity contribution is 5.71. The summed E-state index contributed by atoms with van der Waals surface area (Å²) in [5.41, 5.74) is 3.02. The van der Waals surface area contributed by atoms with E-state index in [1.807, 2.05) is 36.4 Å². The standard InChI is InChI=1S/C13H10N/c1-2-11-7-3-4-8-12(11)13-9-5-6-10-14-13/h2-6,8-10H,1H2. The summed E-state index contributed by atoms with van der Waals surface area (Å²) >= 11 is 0. The van der Waals surface area contributed by atoms with Gasteiger partial charge < -0.3 is 0 Å². The van der Waals surface area contributed by atoms with Gasteiger partial charge in [-0.3, -0.25) is 4.98 Å². The molecule has 2 aromatic rings. The summed E-state index contributed by atoms with van der Waals surface area (Å²) in [4.78, 5) is 4.29. The largest absolute Gasteiger partial charge is 0.256 e. The van der Waals surface area contributed by atoms with Gasteiger partial charge in [-0.2, -0.15) is 0 Å². The van der Waals surface area contributed by atoms with Crippen molar-refractivity contribution in [2.75, 3.05) is 0 Å². The van der Waals surface area contributed by atoms with Crippen LogP contribution in [-0.4, -0.2) is 4.98 Å². The number of aromatic nitrogens is 1. The molecule has 0 aliphatic heterocycles. The van der Waals surface area contributed by atoms with Gasteiger partial charge in [0, 0.05) is 11.8 Å². The Morgan fingerprint density at radius 1 is 1.21 bits per heavy atom. The molecule has 0 bridgehead atoms. The molecule has 0 aliphatic rings. The van der Waals surface area contributed by atoms with Crippen LogP contribution < -0.4 is 0 Å². The summed E-state index contributed by atoms with van der Waals surface area (Å²) in [6.07, 6.45) is 3.58. The molecule has 1 radical (unpaired) electrons. The smallest absolute Gasteiger partial charge is 0.0708 e. The molecule has 2 rings (SSSR count). The topological polar surface area (TPSA) is 12.9 Å². The van der Waals surface area contributed by atoms with Crippen molar-refractivity contribution in [2.45, 2.75) is 0 Å². The van der Waals surface area contributed by atoms with Gasteiger partial charge in [0.05, 0.1) is 5.69 Å². The van der Waals surface area contributed by atoms with Crippen LogP contribution in [-0.2, 0) is 0 Å². The van der Waals surface area contributed by atoms with Crippen LogP contribution in [0.1, 0.15) is 5.56 Å². The van der Waals surface area contributed by atoms with Gasteiger partial charge in [0.15, 0.2) is 0 Å². The molecule has 0 fully saturated rings. The van der Waals surface area contributed by atoms with E-state index < -0.39 is 0 Å². The average molecular weight is 180 g/mol. The van der Waals surface area contributed by atoms with E-state index in [4.69, 9.17) is 0 Å². The fourth-order valence-corrected chi connectivity index (χ4v) is 1.36. The molecule has 0 atom stereocenters. The second-order valence-electron chi connectivity index (χ2n) is 2.92. The quantitative estimate of drug-likeness (QED) is 0.691. The van der Waals surface area contributed by atoms with E-state index in [0.717, 1.165) is 16.8 Å². The first-order chi connectivity index (χ1) is 6.92. The third-order valence-electron chi connectivity index (χ3n) is 2.03. The van der Waals surface area contributed by atoms with Gasteiger partial charge in [0.25, 0.3) is 0 Å². The first kappa shape index (κ1) is 8.70. The van der Waals surface area contributed by atoms with E-state index in [-0.39, 0.29) is 0 Å². The molecule has 0 unspecified atom stereocenters. The summed E-state index contributed by atoms with van der Waals surface area (Å²) in [5, 5.41) is 0. The molecule has 14 heavy (non-hydrogen) atoms. The summed E-state index contributed by atoms with van der Waals surface area (Å²) in [7, 11) is 0. The Morgan fingerprint density at radius 2 is 2.14 bits per heavy atom. The van der Waals surface area contributed by atoms with Gasteiger partial charge in [-0.15, -0.1) is 0 Å². The van der Waals surface area contributed by atoms with E-state index in [2.05, 4.69) is 17.6 Å². The first-order valence-corrected chi connectivity index (χ1v) is 4.46. The third-order valence-corrected chi connectivity index (χ3v) is 2.03. The Hall–Kier alpha value is -1.89. The summed E-state index contributed by atoms with van der Waals surface area (Å²) in [6, 6.07) is 14.8. The molecule has 1 heteroatoms. The third kappa shape index (κ3) is 1.57. The molecule has 1 aromatic carbocycles. The minimum absolute atomic E-state index is 0.958. The molecule has 0 saturated carbocycles. The minimum Gasteiger partial charge on any atom is -0.256 e. The van der Waals surface area contributed by atoms with E-state index in [9.17, 15) is 0 Å². The van der Waals surface area contributed by atoms with E-state index in [0.29, 0.717) is 0 Å². The van der Waals surface area contributed by atoms with Gasteiger partial charge >= 0.3 is 0 Å². The molecule has 0 spiro atoms. The predicted octanol–water partition coefficient (Wildman–Crippen LogP) is 3.19. The summed E-state index contributed by atoms with van der Waals surface area (Å²) < 4.78 is 0. The monoisotopic (exact) mass is 180 g/mol. The van der Waals surface area contributed by atoms with Crippen molar-refractivity contribution in [1.29, 1.82) is 0 Å². The Balaban J connectivity index is 2.57. The maximum Gasteiger partial charge on any atom is 0.0708 e. The maximum atomic E-state index is 4.29. The molecular formula is C13H10N. The zero-order valence-electron chi connectivity index (χ0n) is 7.77. The van der Waals surface area contributed by atoms with Crippen molar-refractivity contribution in [1.82, 2.24) is 4.98 Å². The maximum absolute atomic E-state index is 4.29. The number of pyridine rings is 1. The zero-order chi connectivity index (χ0) is 9.80. The molecular weight excluding hydrogens is 170 g/mol. The molecule has 1 nitrogen and oxygen atoms in total. The molecule has 1 aromatic heterocycles. The zero-order valence-corrected chi connectivity index (χ0v) is 7.77. The van der Waals surface area contributed by atoms with Crippen LogP contribution in [0.5, 0.6) is 0 Å². The second kappa shape index (κ2) is 3.88. The predicted molar refractivity (Wildman–Crippen MR) is 58.6 cm³/mol. The first-order valence-electron chi connectivity index (χ1n) is 4.46. The van der Waals surface area contributed by atoms with E-state index in [1.165, 1.54) is 0 Å². The minimum atomic E-state index is 0.958. The molecule has 0 aliphatic carbocycles. The Labute approximate surface area is 83.7 Å². The van der Waals surface area contributed by atoms with Crippen LogP contribution in [0.3, 0.4) is 0 Å². The van der Waals surface area contributed by atoms with E-state index >= 15 is 0 Å². The highest BCUT2D eigenvalue weighted by Crippen LogP contribution is 2.21. The molecule has 0 saturated heterocycles. The van der Waals surface area contributed by atoms with Crippen LogP contribution in [0.2, 0.25) is 0 Å². The summed E-state index contributed by atoms with van der Waals surface area (Å²) in [6.45, 7) is 3.76. The van der Waals surface area contributed by atoms with Crippen molar-refractivity contribution in [3.05, 3.63) is 60.8 Å². The van der Waals surface area contributed by atoms with Crippen LogP contribution >= 0.6 is 0 Å². The number of hydrogen-bond donors (Lipinski definition) is 0. The van der Waals surface area contributed by atoms with Crippen molar-refractivity contribution in [2.24, 2.45) is 0 Å². The molecule has 0 N–H and O–H groups in total. The molecule has 1 heterocycles. The van der Waals surface area contributed by atoms with Crippen LogP contribution in [0.25, 0.3) is 17.3 Å². The van der Waals surface area contributed by atoms with Gasteiger partial charge in [-0.25, -0.2) is 0 Å². The summed E-state index contributed by atoms with van der Waals surface area (Å²) in [5.74, 6) is 0. The fraction of sp³-hybridized carbons (Fsp3) is 0. The number of hydrogen-bond acceptors (Lipinski definition) is 1. The number of rotatable bonds is 2. The lowest BCUT2D eigenvalue weighted by atomic mass is 10.0. The van der Waals surface area contributed by atoms with Gasteiger partial charge in [0.1, 0.15) is 0 Å². The van der Waals surface area contributed by atoms with Crippen molar-refractivity contribution >= 4 is 6.08 Å². The Kier molecular flexibility index (Phi) is 2.41. The fourth-order valence-electron chi connectivity index (χ4n) is 1.36. The number of nitrogens with zero attached hydrogens (tertiary/aromatic N) is 1. The lowest BCUT2D eigenvalue weighted by molar-refractivity contribution is 1.32. The number of benzene rings is 1. The highest BCUT2D eigenvalue weighted by atomic mass is 14.7. The normalized spacial score (nSPS) is 9.71. The van der Waals surface area contributed by atoms with Crippen molar-refractivity contribution in [3.63, 3.8) is 0 Å². The lowest BCUT2D eigenvalue weighted by Crippen LogP contribution is -1.85. The Morgan fingerprint density at radius 3 is 2.86 bits per heavy atom. The Bertz CT molecular complexity index is 432.